The second kappa shape index (κ2) is 10.2. The molecule has 4 heterocycles. The van der Waals surface area contributed by atoms with Crippen molar-refractivity contribution < 1.29 is 28.9 Å². The zero-order valence-corrected chi connectivity index (χ0v) is 20.7. The molecule has 1 saturated carbocycles. The number of amides is 2. The fourth-order valence-corrected chi connectivity index (χ4v) is 6.18. The number of carboxylic acid groups (broad SMARTS) is 1. The van der Waals surface area contributed by atoms with Gasteiger partial charge in [-0.3, -0.25) is 14.5 Å². The summed E-state index contributed by atoms with van der Waals surface area (Å²) in [5.74, 6) is -1.95. The Morgan fingerprint density at radius 3 is 2.69 bits per heavy atom. The van der Waals surface area contributed by atoms with E-state index in [0.29, 0.717) is 17.9 Å². The third-order valence-electron chi connectivity index (χ3n) is 6.15. The van der Waals surface area contributed by atoms with Gasteiger partial charge in [-0.1, -0.05) is 11.2 Å². The quantitative estimate of drug-likeness (QED) is 0.191. The van der Waals surface area contributed by atoms with Crippen LogP contribution in [0.25, 0.3) is 0 Å². The van der Waals surface area contributed by atoms with E-state index in [9.17, 15) is 19.5 Å². The molecule has 2 aliphatic heterocycles. The average Bonchev–Trinajstić information content (AvgIpc) is 3.55. The molecular formula is C22H24N7O5S2+. The largest absolute Gasteiger partial charge is 0.477 e. The van der Waals surface area contributed by atoms with Crippen molar-refractivity contribution in [1.29, 1.82) is 0 Å². The summed E-state index contributed by atoms with van der Waals surface area (Å²) in [5.41, 5.74) is 6.09. The third kappa shape index (κ3) is 4.78. The highest BCUT2D eigenvalue weighted by Gasteiger charge is 2.54. The first-order chi connectivity index (χ1) is 17.4. The Hall–Kier alpha value is -3.52. The number of carbonyl (C=O) groups excluding carboxylic acids is 2. The van der Waals surface area contributed by atoms with Gasteiger partial charge < -0.3 is 21.0 Å². The molecule has 3 aliphatic rings. The molecule has 2 aromatic heterocycles. The van der Waals surface area contributed by atoms with Gasteiger partial charge in [0, 0.05) is 35.0 Å². The number of anilines is 1. The highest BCUT2D eigenvalue weighted by atomic mass is 32.2. The SMILES string of the molecule is Nc1nc(C(=NOC2CCCC2)C(=O)NC2C(=O)N3C(C(=O)O)=C(C[n+]4ccccc4)CS[C@@H]23)ns1. The van der Waals surface area contributed by atoms with Crippen molar-refractivity contribution in [3.05, 3.63) is 47.7 Å². The Morgan fingerprint density at radius 2 is 2.03 bits per heavy atom. The Labute approximate surface area is 214 Å². The molecule has 36 heavy (non-hydrogen) atoms. The van der Waals surface area contributed by atoms with E-state index in [0.717, 1.165) is 37.2 Å². The van der Waals surface area contributed by atoms with Crippen molar-refractivity contribution in [2.24, 2.45) is 5.16 Å². The number of fused-ring (bicyclic) bond motifs is 1. The highest BCUT2D eigenvalue weighted by Crippen LogP contribution is 2.40. The molecule has 0 bridgehead atoms. The van der Waals surface area contributed by atoms with Gasteiger partial charge in [0.15, 0.2) is 24.1 Å². The minimum absolute atomic E-state index is 0.0150. The zero-order chi connectivity index (χ0) is 25.2. The molecule has 0 aromatic carbocycles. The summed E-state index contributed by atoms with van der Waals surface area (Å²) in [6, 6.07) is 4.64. The van der Waals surface area contributed by atoms with Crippen molar-refractivity contribution in [3.8, 4) is 0 Å². The number of pyridine rings is 1. The number of thioether (sulfide) groups is 1. The summed E-state index contributed by atoms with van der Waals surface area (Å²) >= 11 is 2.31. The van der Waals surface area contributed by atoms with Gasteiger partial charge in [-0.2, -0.15) is 9.36 Å². The second-order valence-electron chi connectivity index (χ2n) is 8.57. The molecule has 5 rings (SSSR count). The summed E-state index contributed by atoms with van der Waals surface area (Å²) < 4.78 is 5.91. The summed E-state index contributed by atoms with van der Waals surface area (Å²) in [7, 11) is 0. The lowest BCUT2D eigenvalue weighted by Gasteiger charge is -2.49. The molecule has 1 saturated heterocycles. The smallest absolute Gasteiger partial charge is 0.352 e. The summed E-state index contributed by atoms with van der Waals surface area (Å²) in [6.45, 7) is 0.342. The number of nitrogens with two attached hydrogens (primary N) is 1. The lowest BCUT2D eigenvalue weighted by molar-refractivity contribution is -0.689. The average molecular weight is 531 g/mol. The number of aromatic nitrogens is 3. The molecule has 1 unspecified atom stereocenters. The van der Waals surface area contributed by atoms with E-state index in [1.807, 2.05) is 35.2 Å². The van der Waals surface area contributed by atoms with Crippen molar-refractivity contribution in [3.63, 3.8) is 0 Å². The Kier molecular flexibility index (Phi) is 6.87. The van der Waals surface area contributed by atoms with Crippen LogP contribution in [0.3, 0.4) is 0 Å². The standard InChI is InChI=1S/C22H23N7O5S2/c23-22-25-17(27-36-22)14(26-34-13-6-2-3-7-13)18(30)24-15-19(31)29-16(21(32)33)12(11-35-20(15)29)10-28-8-4-1-5-9-28/h1,4-5,8-9,13,15,20H,2-3,6-7,10-11H2,(H3-,23,24,25,27,30,32,33)/p+1/t15?,20-/m0/s1. The minimum atomic E-state index is -1.18. The van der Waals surface area contributed by atoms with Crippen molar-refractivity contribution in [2.45, 2.75) is 49.7 Å². The summed E-state index contributed by atoms with van der Waals surface area (Å²) in [5, 5.41) is 16.2. The van der Waals surface area contributed by atoms with Crippen LogP contribution < -0.4 is 15.6 Å². The normalized spacial score (nSPS) is 22.3. The molecule has 12 nitrogen and oxygen atoms in total. The molecule has 188 valence electrons. The molecule has 2 fully saturated rings. The molecule has 14 heteroatoms. The molecule has 1 aliphatic carbocycles. The number of carbonyl (C=O) groups is 3. The van der Waals surface area contributed by atoms with E-state index in [1.165, 1.54) is 16.7 Å². The van der Waals surface area contributed by atoms with Crippen LogP contribution in [-0.2, 0) is 25.8 Å². The number of β-lactam (4-membered cyclic amide) rings is 1. The van der Waals surface area contributed by atoms with Gasteiger partial charge in [-0.15, -0.1) is 11.8 Å². The lowest BCUT2D eigenvalue weighted by atomic mass is 10.0. The molecule has 4 N–H and O–H groups in total. The van der Waals surface area contributed by atoms with Gasteiger partial charge in [0.25, 0.3) is 11.8 Å². The number of nitrogens with one attached hydrogen (secondary N) is 1. The molecule has 0 spiro atoms. The van der Waals surface area contributed by atoms with Crippen molar-refractivity contribution >= 4 is 51.9 Å². The van der Waals surface area contributed by atoms with Gasteiger partial charge in [0.05, 0.1) is 0 Å². The van der Waals surface area contributed by atoms with E-state index in [4.69, 9.17) is 10.6 Å². The van der Waals surface area contributed by atoms with Gasteiger partial charge in [0.1, 0.15) is 23.2 Å². The molecule has 2 atom stereocenters. The van der Waals surface area contributed by atoms with E-state index in [1.54, 1.807) is 0 Å². The van der Waals surface area contributed by atoms with Gasteiger partial charge in [-0.25, -0.2) is 9.36 Å². The van der Waals surface area contributed by atoms with E-state index in [-0.39, 0.29) is 28.5 Å². The van der Waals surface area contributed by atoms with Gasteiger partial charge >= 0.3 is 5.97 Å². The van der Waals surface area contributed by atoms with E-state index in [2.05, 4.69) is 19.8 Å². The Bertz CT molecular complexity index is 1240. The molecule has 2 aromatic rings. The van der Waals surface area contributed by atoms with Crippen LogP contribution >= 0.6 is 23.3 Å². The Balaban J connectivity index is 1.33. The highest BCUT2D eigenvalue weighted by molar-refractivity contribution is 8.00. The fourth-order valence-electron chi connectivity index (χ4n) is 4.41. The molecular weight excluding hydrogens is 506 g/mol. The first kappa shape index (κ1) is 24.2. The maximum Gasteiger partial charge on any atom is 0.352 e. The minimum Gasteiger partial charge on any atom is -0.477 e. The maximum atomic E-state index is 13.2. The van der Waals surface area contributed by atoms with Crippen LogP contribution in [0.5, 0.6) is 0 Å². The van der Waals surface area contributed by atoms with E-state index >= 15 is 0 Å². The monoisotopic (exact) mass is 530 g/mol. The molecule has 0 radical (unpaired) electrons. The number of hydrogen-bond donors (Lipinski definition) is 3. The number of rotatable bonds is 8. The first-order valence-corrected chi connectivity index (χ1v) is 13.2. The van der Waals surface area contributed by atoms with Gasteiger partial charge in [-0.05, 0) is 25.7 Å². The number of aliphatic carboxylic acids is 1. The number of carboxylic acids is 1. The molecule has 2 amide bonds. The van der Waals surface area contributed by atoms with Crippen LogP contribution in [-0.4, -0.2) is 66.1 Å². The zero-order valence-electron chi connectivity index (χ0n) is 19.1. The number of nitrogens with zero attached hydrogens (tertiary/aromatic N) is 5. The maximum absolute atomic E-state index is 13.2. The topological polar surface area (TPSA) is 164 Å². The van der Waals surface area contributed by atoms with Gasteiger partial charge in [0.2, 0.25) is 11.5 Å². The van der Waals surface area contributed by atoms with Crippen molar-refractivity contribution in [2.75, 3.05) is 11.5 Å². The lowest BCUT2D eigenvalue weighted by Crippen LogP contribution is -2.71. The number of nitrogen functional groups attached to an aromatic ring is 1. The third-order valence-corrected chi connectivity index (χ3v) is 8.03. The number of oxime groups is 1. The summed E-state index contributed by atoms with van der Waals surface area (Å²) in [4.78, 5) is 49.1. The Morgan fingerprint density at radius 1 is 1.28 bits per heavy atom. The van der Waals surface area contributed by atoms with Crippen LogP contribution in [0.15, 0.2) is 47.0 Å². The number of hydrogen-bond acceptors (Lipinski definition) is 10. The fraction of sp³-hybridized carbons (Fsp3) is 0.409. The van der Waals surface area contributed by atoms with Crippen LogP contribution in [0.2, 0.25) is 0 Å². The summed E-state index contributed by atoms with van der Waals surface area (Å²) in [6.07, 6.45) is 7.30. The van der Waals surface area contributed by atoms with Crippen LogP contribution in [0.1, 0.15) is 31.5 Å². The predicted octanol–water partition coefficient (Wildman–Crippen LogP) is 0.510. The second-order valence-corrected chi connectivity index (χ2v) is 10.5. The van der Waals surface area contributed by atoms with E-state index < -0.39 is 29.2 Å². The van der Waals surface area contributed by atoms with Crippen LogP contribution in [0, 0.1) is 0 Å². The first-order valence-electron chi connectivity index (χ1n) is 11.4. The van der Waals surface area contributed by atoms with Crippen molar-refractivity contribution in [1.82, 2.24) is 19.6 Å². The predicted molar refractivity (Wildman–Crippen MR) is 131 cm³/mol. The van der Waals surface area contributed by atoms with Crippen LogP contribution in [0.4, 0.5) is 5.13 Å².